The van der Waals surface area contributed by atoms with Gasteiger partial charge >= 0.3 is 0 Å². The number of carbonyl (C=O) groups excluding carboxylic acids is 2. The van der Waals surface area contributed by atoms with E-state index in [4.69, 9.17) is 11.6 Å². The molecule has 0 unspecified atom stereocenters. The number of hydrogen-bond donors (Lipinski definition) is 2. The Kier molecular flexibility index (Phi) is 6.20. The van der Waals surface area contributed by atoms with Gasteiger partial charge in [0.15, 0.2) is 0 Å². The SMILES string of the molecule is CN1CCN(C(=O)[C@H](Cc2ccc(F)cc2)NC(=O)c2cc3cc(Cl)cnc3[nH]2)CC1. The summed E-state index contributed by atoms with van der Waals surface area (Å²) in [5.41, 5.74) is 1.59. The zero-order valence-corrected chi connectivity index (χ0v) is 17.8. The van der Waals surface area contributed by atoms with E-state index in [2.05, 4.69) is 20.2 Å². The van der Waals surface area contributed by atoms with Crippen molar-refractivity contribution in [3.63, 3.8) is 0 Å². The Bertz CT molecular complexity index is 1090. The average molecular weight is 444 g/mol. The molecule has 7 nitrogen and oxygen atoms in total. The number of halogens is 2. The van der Waals surface area contributed by atoms with Gasteiger partial charge < -0.3 is 20.1 Å². The first-order chi connectivity index (χ1) is 14.9. The van der Waals surface area contributed by atoms with Gasteiger partial charge in [-0.15, -0.1) is 0 Å². The second kappa shape index (κ2) is 9.03. The molecule has 0 bridgehead atoms. The van der Waals surface area contributed by atoms with Gasteiger partial charge in [0, 0.05) is 44.2 Å². The molecule has 3 heterocycles. The van der Waals surface area contributed by atoms with Crippen LogP contribution in [0.3, 0.4) is 0 Å². The Morgan fingerprint density at radius 2 is 1.90 bits per heavy atom. The minimum Gasteiger partial charge on any atom is -0.339 e. The maximum absolute atomic E-state index is 13.3. The molecule has 0 radical (unpaired) electrons. The maximum atomic E-state index is 13.3. The summed E-state index contributed by atoms with van der Waals surface area (Å²) in [6.45, 7) is 2.74. The van der Waals surface area contributed by atoms with Gasteiger partial charge in [0.05, 0.1) is 5.02 Å². The number of aromatic amines is 1. The predicted molar refractivity (Wildman–Crippen MR) is 117 cm³/mol. The van der Waals surface area contributed by atoms with Crippen LogP contribution in [0.25, 0.3) is 11.0 Å². The number of amides is 2. The van der Waals surface area contributed by atoms with Crippen molar-refractivity contribution in [2.45, 2.75) is 12.5 Å². The molecule has 1 aromatic carbocycles. The molecule has 1 atom stereocenters. The fourth-order valence-corrected chi connectivity index (χ4v) is 3.82. The van der Waals surface area contributed by atoms with Crippen molar-refractivity contribution in [3.05, 3.63) is 64.7 Å². The fourth-order valence-electron chi connectivity index (χ4n) is 3.65. The summed E-state index contributed by atoms with van der Waals surface area (Å²) in [6.07, 6.45) is 1.76. The van der Waals surface area contributed by atoms with Crippen LogP contribution in [0.1, 0.15) is 16.1 Å². The van der Waals surface area contributed by atoms with Gasteiger partial charge in [0.25, 0.3) is 5.91 Å². The van der Waals surface area contributed by atoms with E-state index in [1.165, 1.54) is 18.3 Å². The van der Waals surface area contributed by atoms with Gasteiger partial charge in [-0.25, -0.2) is 9.37 Å². The van der Waals surface area contributed by atoms with Gasteiger partial charge in [-0.1, -0.05) is 23.7 Å². The fraction of sp³-hybridized carbons (Fsp3) is 0.318. The summed E-state index contributed by atoms with van der Waals surface area (Å²) < 4.78 is 13.3. The average Bonchev–Trinajstić information content (AvgIpc) is 3.18. The molecule has 0 spiro atoms. The molecule has 9 heteroatoms. The number of fused-ring (bicyclic) bond motifs is 1. The molecule has 0 saturated carbocycles. The smallest absolute Gasteiger partial charge is 0.268 e. The van der Waals surface area contributed by atoms with E-state index in [1.54, 1.807) is 29.2 Å². The van der Waals surface area contributed by atoms with Crippen LogP contribution in [0.5, 0.6) is 0 Å². The van der Waals surface area contributed by atoms with Gasteiger partial charge in [-0.05, 0) is 36.9 Å². The first kappa shape index (κ1) is 21.3. The second-order valence-electron chi connectivity index (χ2n) is 7.76. The number of nitrogens with one attached hydrogen (secondary N) is 2. The Balaban J connectivity index is 1.55. The van der Waals surface area contributed by atoms with Crippen molar-refractivity contribution in [1.29, 1.82) is 0 Å². The topological polar surface area (TPSA) is 81.3 Å². The summed E-state index contributed by atoms with van der Waals surface area (Å²) in [7, 11) is 2.01. The van der Waals surface area contributed by atoms with E-state index >= 15 is 0 Å². The second-order valence-corrected chi connectivity index (χ2v) is 8.20. The lowest BCUT2D eigenvalue weighted by atomic mass is 10.0. The van der Waals surface area contributed by atoms with Gasteiger partial charge in [0.2, 0.25) is 5.91 Å². The van der Waals surface area contributed by atoms with Crippen molar-refractivity contribution < 1.29 is 14.0 Å². The summed E-state index contributed by atoms with van der Waals surface area (Å²) >= 11 is 5.97. The molecular weight excluding hydrogens is 421 g/mol. The number of benzene rings is 1. The van der Waals surface area contributed by atoms with E-state index in [9.17, 15) is 14.0 Å². The van der Waals surface area contributed by atoms with Crippen LogP contribution < -0.4 is 5.32 Å². The van der Waals surface area contributed by atoms with Crippen LogP contribution in [0.4, 0.5) is 4.39 Å². The molecule has 1 saturated heterocycles. The number of H-pyrrole nitrogens is 1. The minimum absolute atomic E-state index is 0.150. The number of aromatic nitrogens is 2. The molecule has 2 amide bonds. The number of rotatable bonds is 5. The lowest BCUT2D eigenvalue weighted by molar-refractivity contribution is -0.134. The molecule has 0 aliphatic carbocycles. The number of piperazine rings is 1. The zero-order valence-electron chi connectivity index (χ0n) is 17.1. The number of carbonyl (C=O) groups is 2. The third kappa shape index (κ3) is 5.03. The molecule has 1 aliphatic heterocycles. The Labute approximate surface area is 184 Å². The molecule has 2 aromatic heterocycles. The predicted octanol–water partition coefficient (Wildman–Crippen LogP) is 2.47. The van der Waals surface area contributed by atoms with Crippen LogP contribution in [0.2, 0.25) is 5.02 Å². The normalized spacial score (nSPS) is 15.8. The number of pyridine rings is 1. The zero-order chi connectivity index (χ0) is 22.0. The largest absolute Gasteiger partial charge is 0.339 e. The third-order valence-electron chi connectivity index (χ3n) is 5.45. The van der Waals surface area contributed by atoms with Crippen LogP contribution in [0, 0.1) is 5.82 Å². The number of hydrogen-bond acceptors (Lipinski definition) is 4. The van der Waals surface area contributed by atoms with Gasteiger partial charge in [-0.2, -0.15) is 0 Å². The molecular formula is C22H23ClFN5O2. The highest BCUT2D eigenvalue weighted by Crippen LogP contribution is 2.18. The number of nitrogens with zero attached hydrogens (tertiary/aromatic N) is 3. The van der Waals surface area contributed by atoms with Crippen LogP contribution in [0.15, 0.2) is 42.6 Å². The highest BCUT2D eigenvalue weighted by molar-refractivity contribution is 6.31. The summed E-state index contributed by atoms with van der Waals surface area (Å²) in [6, 6.07) is 8.54. The third-order valence-corrected chi connectivity index (χ3v) is 5.66. The van der Waals surface area contributed by atoms with E-state index in [0.29, 0.717) is 34.8 Å². The standard InChI is InChI=1S/C22H23ClFN5O2/c1-28-6-8-29(9-7-28)22(31)19(10-14-2-4-17(24)5-3-14)27-21(30)18-12-15-11-16(23)13-25-20(15)26-18/h2-5,11-13,19H,6-10H2,1H3,(H,25,26)(H,27,30)/t19-/m0/s1. The summed E-state index contributed by atoms with van der Waals surface area (Å²) in [5.74, 6) is -0.911. The Morgan fingerprint density at radius 3 is 2.61 bits per heavy atom. The van der Waals surface area contributed by atoms with Crippen LogP contribution in [-0.2, 0) is 11.2 Å². The number of likely N-dealkylation sites (N-methyl/N-ethyl adjacent to an activating group) is 1. The van der Waals surface area contributed by atoms with Gasteiger partial charge in [0.1, 0.15) is 23.2 Å². The quantitative estimate of drug-likeness (QED) is 0.634. The molecule has 1 fully saturated rings. The van der Waals surface area contributed by atoms with Crippen molar-refractivity contribution in [2.75, 3.05) is 33.2 Å². The van der Waals surface area contributed by atoms with E-state index in [-0.39, 0.29) is 18.1 Å². The van der Waals surface area contributed by atoms with Crippen LogP contribution in [-0.4, -0.2) is 70.9 Å². The highest BCUT2D eigenvalue weighted by atomic mass is 35.5. The first-order valence-electron chi connectivity index (χ1n) is 10.1. The maximum Gasteiger partial charge on any atom is 0.268 e. The Hall–Kier alpha value is -2.97. The highest BCUT2D eigenvalue weighted by Gasteiger charge is 2.29. The first-order valence-corrected chi connectivity index (χ1v) is 10.4. The monoisotopic (exact) mass is 443 g/mol. The van der Waals surface area contributed by atoms with E-state index < -0.39 is 11.9 Å². The lowest BCUT2D eigenvalue weighted by Crippen LogP contribution is -2.55. The molecule has 4 rings (SSSR count). The molecule has 3 aromatic rings. The summed E-state index contributed by atoms with van der Waals surface area (Å²) in [5, 5.41) is 4.03. The molecule has 1 aliphatic rings. The Morgan fingerprint density at radius 1 is 1.19 bits per heavy atom. The van der Waals surface area contributed by atoms with Crippen molar-refractivity contribution in [3.8, 4) is 0 Å². The van der Waals surface area contributed by atoms with Crippen molar-refractivity contribution in [2.24, 2.45) is 0 Å². The van der Waals surface area contributed by atoms with Crippen molar-refractivity contribution in [1.82, 2.24) is 25.1 Å². The van der Waals surface area contributed by atoms with E-state index in [0.717, 1.165) is 18.7 Å². The van der Waals surface area contributed by atoms with Gasteiger partial charge in [-0.3, -0.25) is 9.59 Å². The molecule has 31 heavy (non-hydrogen) atoms. The minimum atomic E-state index is -0.774. The molecule has 162 valence electrons. The van der Waals surface area contributed by atoms with Crippen molar-refractivity contribution >= 4 is 34.4 Å². The molecule has 2 N–H and O–H groups in total. The lowest BCUT2D eigenvalue weighted by Gasteiger charge is -2.34. The van der Waals surface area contributed by atoms with E-state index in [1.807, 2.05) is 7.05 Å². The summed E-state index contributed by atoms with van der Waals surface area (Å²) in [4.78, 5) is 37.2. The van der Waals surface area contributed by atoms with Crippen LogP contribution >= 0.6 is 11.6 Å².